The molecule has 2 aliphatic rings. The van der Waals surface area contributed by atoms with Crippen molar-refractivity contribution in [1.82, 2.24) is 10.2 Å². The highest BCUT2D eigenvalue weighted by molar-refractivity contribution is 6.42. The standard InChI is InChI=1S/C49H38Cl2N4O7/c1-28-3-2-4-35(19-28)48(58)55-26-37-24-44-41(53-47(57)45(62-44)34-14-16-38(17-15-34)61-27-31-9-18-39(50)40(51)20-31)22-36(37)23-43(55)46(56)54-42(49(59)60)21-29-5-10-32(11-6-29)33-12-7-30(25-52)8-13-33/h2-20,22,24,42-43,45H,21,23,26-27H2,1H3,(H,53,57)(H,54,56)(H,59,60)/t42?,43-,45-/m0/s1. The summed E-state index contributed by atoms with van der Waals surface area (Å²) >= 11 is 12.2. The number of anilines is 1. The van der Waals surface area contributed by atoms with Crippen molar-refractivity contribution in [3.63, 3.8) is 0 Å². The Morgan fingerprint density at radius 3 is 2.27 bits per heavy atom. The molecule has 0 fully saturated rings. The quantitative estimate of drug-likeness (QED) is 0.117. The van der Waals surface area contributed by atoms with Gasteiger partial charge in [0.1, 0.15) is 30.2 Å². The third-order valence-electron chi connectivity index (χ3n) is 10.9. The summed E-state index contributed by atoms with van der Waals surface area (Å²) in [6.45, 7) is 2.15. The van der Waals surface area contributed by atoms with Crippen molar-refractivity contribution in [3.8, 4) is 28.7 Å². The van der Waals surface area contributed by atoms with Crippen molar-refractivity contribution < 1.29 is 33.8 Å². The van der Waals surface area contributed by atoms with Crippen LogP contribution in [0.3, 0.4) is 0 Å². The average molecular weight is 866 g/mol. The van der Waals surface area contributed by atoms with Gasteiger partial charge in [-0.15, -0.1) is 0 Å². The van der Waals surface area contributed by atoms with E-state index in [9.17, 15) is 24.3 Å². The first-order valence-electron chi connectivity index (χ1n) is 19.7. The van der Waals surface area contributed by atoms with Crippen molar-refractivity contribution >= 4 is 52.6 Å². The molecule has 3 amide bonds. The van der Waals surface area contributed by atoms with Gasteiger partial charge in [0.25, 0.3) is 11.8 Å². The molecule has 11 nitrogen and oxygen atoms in total. The van der Waals surface area contributed by atoms with Crippen molar-refractivity contribution in [3.05, 3.63) is 182 Å². The Bertz CT molecular complexity index is 2750. The minimum atomic E-state index is -1.29. The highest BCUT2D eigenvalue weighted by Gasteiger charge is 2.39. The van der Waals surface area contributed by atoms with Crippen LogP contribution in [0.5, 0.6) is 11.5 Å². The fraction of sp³-hybridized carbons (Fsp3) is 0.163. The minimum absolute atomic E-state index is 0.00359. The van der Waals surface area contributed by atoms with Crippen molar-refractivity contribution in [2.45, 2.75) is 51.1 Å². The number of aliphatic carboxylic acids is 1. The van der Waals surface area contributed by atoms with E-state index >= 15 is 0 Å². The monoisotopic (exact) mass is 864 g/mol. The number of benzene rings is 6. The van der Waals surface area contributed by atoms with Crippen LogP contribution in [-0.2, 0) is 40.4 Å². The molecule has 2 heterocycles. The van der Waals surface area contributed by atoms with E-state index in [1.165, 1.54) is 4.90 Å². The van der Waals surface area contributed by atoms with Crippen molar-refractivity contribution in [2.24, 2.45) is 0 Å². The normalized spacial score (nSPS) is 15.8. The number of fused-ring (bicyclic) bond motifs is 2. The molecule has 3 N–H and O–H groups in total. The maximum atomic E-state index is 14.2. The fourth-order valence-corrected chi connectivity index (χ4v) is 7.93. The molecular weight excluding hydrogens is 827 g/mol. The number of carboxylic acid groups (broad SMARTS) is 1. The molecule has 0 spiro atoms. The average Bonchev–Trinajstić information content (AvgIpc) is 3.28. The van der Waals surface area contributed by atoms with Crippen molar-refractivity contribution in [1.29, 1.82) is 5.26 Å². The lowest BCUT2D eigenvalue weighted by Gasteiger charge is -2.37. The Morgan fingerprint density at radius 2 is 1.60 bits per heavy atom. The van der Waals surface area contributed by atoms with Gasteiger partial charge in [-0.2, -0.15) is 5.26 Å². The van der Waals surface area contributed by atoms with Gasteiger partial charge in [-0.05, 0) is 101 Å². The number of carbonyl (C=O) groups is 4. The van der Waals surface area contributed by atoms with Gasteiger partial charge in [0.15, 0.2) is 0 Å². The molecule has 6 aromatic rings. The summed E-state index contributed by atoms with van der Waals surface area (Å²) in [4.78, 5) is 56.0. The number of rotatable bonds is 11. The second-order valence-electron chi connectivity index (χ2n) is 15.2. The maximum absolute atomic E-state index is 14.2. The van der Waals surface area contributed by atoms with Gasteiger partial charge in [0.2, 0.25) is 12.0 Å². The predicted molar refractivity (Wildman–Crippen MR) is 234 cm³/mol. The van der Waals surface area contributed by atoms with Gasteiger partial charge >= 0.3 is 5.97 Å². The smallest absolute Gasteiger partial charge is 0.326 e. The second kappa shape index (κ2) is 17.8. The lowest BCUT2D eigenvalue weighted by Crippen LogP contribution is -2.56. The molecule has 0 aliphatic carbocycles. The van der Waals surface area contributed by atoms with Crippen LogP contribution in [0.2, 0.25) is 10.0 Å². The van der Waals surface area contributed by atoms with E-state index in [-0.39, 0.29) is 26.0 Å². The van der Waals surface area contributed by atoms with Crippen LogP contribution in [0.1, 0.15) is 55.4 Å². The van der Waals surface area contributed by atoms with Crippen LogP contribution >= 0.6 is 23.2 Å². The van der Waals surface area contributed by atoms with E-state index in [0.29, 0.717) is 60.6 Å². The Morgan fingerprint density at radius 1 is 0.887 bits per heavy atom. The van der Waals surface area contributed by atoms with Crippen LogP contribution in [0.25, 0.3) is 11.1 Å². The minimum Gasteiger partial charge on any atom is -0.489 e. The number of nitrogens with zero attached hydrogens (tertiary/aromatic N) is 2. The molecule has 8 rings (SSSR count). The van der Waals surface area contributed by atoms with E-state index in [0.717, 1.165) is 22.3 Å². The van der Waals surface area contributed by atoms with Gasteiger partial charge in [-0.25, -0.2) is 4.79 Å². The molecule has 0 aromatic heterocycles. The number of hydrogen-bond donors (Lipinski definition) is 3. The number of nitriles is 1. The summed E-state index contributed by atoms with van der Waals surface area (Å²) in [5, 5.41) is 25.9. The van der Waals surface area contributed by atoms with Gasteiger partial charge in [0, 0.05) is 30.5 Å². The van der Waals surface area contributed by atoms with E-state index in [2.05, 4.69) is 16.7 Å². The number of ether oxygens (including phenoxy) is 2. The second-order valence-corrected chi connectivity index (χ2v) is 16.0. The van der Waals surface area contributed by atoms with Crippen LogP contribution in [0.4, 0.5) is 5.69 Å². The number of aryl methyl sites for hydroxylation is 1. The van der Waals surface area contributed by atoms with Crippen molar-refractivity contribution in [2.75, 3.05) is 5.32 Å². The number of halogens is 2. The molecule has 0 saturated heterocycles. The Labute approximate surface area is 367 Å². The summed E-state index contributed by atoms with van der Waals surface area (Å²) in [5.74, 6) is -1.66. The van der Waals surface area contributed by atoms with E-state index in [1.54, 1.807) is 91.0 Å². The van der Waals surface area contributed by atoms with Gasteiger partial charge in [-0.3, -0.25) is 14.4 Å². The number of carboxylic acids is 1. The Hall–Kier alpha value is -7.13. The number of amides is 3. The van der Waals surface area contributed by atoms with E-state index < -0.39 is 41.9 Å². The molecule has 3 atom stereocenters. The first-order chi connectivity index (χ1) is 29.9. The number of carbonyl (C=O) groups excluding carboxylic acids is 3. The number of nitrogens with one attached hydrogen (secondary N) is 2. The summed E-state index contributed by atoms with van der Waals surface area (Å²) in [7, 11) is 0. The lowest BCUT2D eigenvalue weighted by atomic mass is 9.91. The Balaban J connectivity index is 1.00. The summed E-state index contributed by atoms with van der Waals surface area (Å²) < 4.78 is 12.2. The Kier molecular flexibility index (Phi) is 12.0. The molecule has 0 saturated carbocycles. The zero-order valence-electron chi connectivity index (χ0n) is 33.2. The first-order valence-corrected chi connectivity index (χ1v) is 20.5. The van der Waals surface area contributed by atoms with E-state index in [1.807, 2.05) is 43.3 Å². The molecule has 13 heteroatoms. The topological polar surface area (TPSA) is 158 Å². The van der Waals surface area contributed by atoms with Gasteiger partial charge < -0.3 is 30.1 Å². The molecule has 310 valence electrons. The summed E-state index contributed by atoms with van der Waals surface area (Å²) in [6, 6.07) is 37.0. The van der Waals surface area contributed by atoms with Crippen LogP contribution in [0.15, 0.2) is 127 Å². The van der Waals surface area contributed by atoms with Gasteiger partial charge in [-0.1, -0.05) is 95.5 Å². The molecule has 1 unspecified atom stereocenters. The highest BCUT2D eigenvalue weighted by Crippen LogP contribution is 2.40. The third-order valence-corrected chi connectivity index (χ3v) is 11.7. The summed E-state index contributed by atoms with van der Waals surface area (Å²) in [6.07, 6.45) is -0.922. The highest BCUT2D eigenvalue weighted by atomic mass is 35.5. The molecular formula is C49H38Cl2N4O7. The fourth-order valence-electron chi connectivity index (χ4n) is 7.61. The largest absolute Gasteiger partial charge is 0.489 e. The van der Waals surface area contributed by atoms with Gasteiger partial charge in [0.05, 0.1) is 27.4 Å². The van der Waals surface area contributed by atoms with E-state index in [4.69, 9.17) is 37.9 Å². The SMILES string of the molecule is Cc1cccc(C(=O)N2Cc3cc4c(cc3C[C@H]2C(=O)NC(Cc2ccc(-c3ccc(C#N)cc3)cc2)C(=O)O)NC(=O)[C@H](c2ccc(OCc3ccc(Cl)c(Cl)c3)cc2)O4)c1. The summed E-state index contributed by atoms with van der Waals surface area (Å²) in [5.41, 5.74) is 7.52. The molecule has 0 radical (unpaired) electrons. The van der Waals surface area contributed by atoms with Crippen LogP contribution in [-0.4, -0.2) is 45.8 Å². The molecule has 62 heavy (non-hydrogen) atoms. The lowest BCUT2D eigenvalue weighted by molar-refractivity contribution is -0.142. The molecule has 6 aromatic carbocycles. The zero-order chi connectivity index (χ0) is 43.5. The molecule has 0 bridgehead atoms. The van der Waals surface area contributed by atoms with Crippen LogP contribution < -0.4 is 20.1 Å². The third kappa shape index (κ3) is 9.12. The molecule has 2 aliphatic heterocycles. The first kappa shape index (κ1) is 41.6. The predicted octanol–water partition coefficient (Wildman–Crippen LogP) is 8.87. The maximum Gasteiger partial charge on any atom is 0.326 e. The number of hydrogen-bond acceptors (Lipinski definition) is 7. The zero-order valence-corrected chi connectivity index (χ0v) is 34.7. The van der Waals surface area contributed by atoms with Crippen LogP contribution in [0, 0.1) is 18.3 Å².